The van der Waals surface area contributed by atoms with E-state index in [4.69, 9.17) is 5.73 Å². The second-order valence-corrected chi connectivity index (χ2v) is 3.25. The number of nitrogens with one attached hydrogen (secondary N) is 2. The van der Waals surface area contributed by atoms with Crippen molar-refractivity contribution in [1.29, 1.82) is 0 Å². The predicted octanol–water partition coefficient (Wildman–Crippen LogP) is -1.75. The fraction of sp³-hybridized carbons (Fsp3) is 0.625. The zero-order valence-electron chi connectivity index (χ0n) is 9.03. The van der Waals surface area contributed by atoms with E-state index in [1.807, 2.05) is 5.32 Å². The molecule has 0 saturated carbocycles. The van der Waals surface area contributed by atoms with Gasteiger partial charge in [0.25, 0.3) is 0 Å². The lowest BCUT2D eigenvalue weighted by Crippen LogP contribution is -2.47. The van der Waals surface area contributed by atoms with Gasteiger partial charge in [0.05, 0.1) is 12.6 Å². The van der Waals surface area contributed by atoms with E-state index >= 15 is 0 Å². The van der Waals surface area contributed by atoms with E-state index in [1.165, 1.54) is 4.90 Å². The van der Waals surface area contributed by atoms with E-state index in [0.717, 1.165) is 0 Å². The third kappa shape index (κ3) is 5.63. The zero-order valence-corrected chi connectivity index (χ0v) is 9.03. The molecule has 1 atom stereocenters. The van der Waals surface area contributed by atoms with Crippen LogP contribution < -0.4 is 16.4 Å². The van der Waals surface area contributed by atoms with E-state index in [-0.39, 0.29) is 12.5 Å². The maximum absolute atomic E-state index is 11.3. The Kier molecular flexibility index (Phi) is 5.32. The van der Waals surface area contributed by atoms with Gasteiger partial charge in [0.15, 0.2) is 0 Å². The summed E-state index contributed by atoms with van der Waals surface area (Å²) in [7, 11) is 3.23. The van der Waals surface area contributed by atoms with Gasteiger partial charge < -0.3 is 10.6 Å². The lowest BCUT2D eigenvalue weighted by molar-refractivity contribution is -0.130. The molecular formula is C8H16N4O3. The van der Waals surface area contributed by atoms with E-state index < -0.39 is 18.0 Å². The van der Waals surface area contributed by atoms with Crippen LogP contribution in [0.1, 0.15) is 6.92 Å². The first kappa shape index (κ1) is 13.4. The number of nitrogens with two attached hydrogens (primary N) is 1. The third-order valence-corrected chi connectivity index (χ3v) is 1.64. The second kappa shape index (κ2) is 5.97. The van der Waals surface area contributed by atoms with Crippen molar-refractivity contribution in [1.82, 2.24) is 15.5 Å². The van der Waals surface area contributed by atoms with Crippen LogP contribution >= 0.6 is 0 Å². The van der Waals surface area contributed by atoms with E-state index in [1.54, 1.807) is 21.0 Å². The number of amides is 4. The van der Waals surface area contributed by atoms with Gasteiger partial charge >= 0.3 is 6.03 Å². The molecule has 0 saturated heterocycles. The monoisotopic (exact) mass is 216 g/mol. The average Bonchev–Trinajstić information content (AvgIpc) is 2.11. The molecule has 0 aliphatic carbocycles. The fourth-order valence-electron chi connectivity index (χ4n) is 0.902. The fourth-order valence-corrected chi connectivity index (χ4v) is 0.902. The number of hydrogen-bond acceptors (Lipinski definition) is 4. The lowest BCUT2D eigenvalue weighted by Gasteiger charge is -2.17. The van der Waals surface area contributed by atoms with Gasteiger partial charge in [-0.25, -0.2) is 4.79 Å². The van der Waals surface area contributed by atoms with Gasteiger partial charge in [-0.2, -0.15) is 0 Å². The van der Waals surface area contributed by atoms with E-state index in [0.29, 0.717) is 0 Å². The molecule has 0 aromatic rings. The van der Waals surface area contributed by atoms with Crippen molar-refractivity contribution in [2.24, 2.45) is 5.73 Å². The van der Waals surface area contributed by atoms with Crippen LogP contribution in [0.15, 0.2) is 0 Å². The van der Waals surface area contributed by atoms with Crippen LogP contribution in [-0.2, 0) is 9.59 Å². The molecule has 0 spiro atoms. The van der Waals surface area contributed by atoms with E-state index in [2.05, 4.69) is 5.32 Å². The van der Waals surface area contributed by atoms with Crippen molar-refractivity contribution < 1.29 is 14.4 Å². The van der Waals surface area contributed by atoms with Crippen molar-refractivity contribution in [2.75, 3.05) is 20.6 Å². The van der Waals surface area contributed by atoms with Crippen LogP contribution in [0.3, 0.4) is 0 Å². The second-order valence-electron chi connectivity index (χ2n) is 3.25. The summed E-state index contributed by atoms with van der Waals surface area (Å²) >= 11 is 0. The summed E-state index contributed by atoms with van der Waals surface area (Å²) < 4.78 is 0. The molecule has 0 rings (SSSR count). The number of imide groups is 1. The Labute approximate surface area is 88.0 Å². The van der Waals surface area contributed by atoms with Crippen LogP contribution in [0, 0.1) is 0 Å². The van der Waals surface area contributed by atoms with Crippen molar-refractivity contribution in [3.63, 3.8) is 0 Å². The highest BCUT2D eigenvalue weighted by Crippen LogP contribution is 1.87. The molecule has 0 aliphatic heterocycles. The maximum atomic E-state index is 11.3. The Hall–Kier alpha value is -1.63. The molecule has 0 heterocycles. The number of hydrogen-bond donors (Lipinski definition) is 3. The van der Waals surface area contributed by atoms with Gasteiger partial charge in [-0.05, 0) is 6.92 Å². The summed E-state index contributed by atoms with van der Waals surface area (Å²) in [6.45, 7) is 1.49. The summed E-state index contributed by atoms with van der Waals surface area (Å²) in [6.07, 6.45) is 0. The largest absolute Gasteiger partial charge is 0.351 e. The first-order valence-corrected chi connectivity index (χ1v) is 4.38. The molecule has 86 valence electrons. The van der Waals surface area contributed by atoms with Gasteiger partial charge in [0.2, 0.25) is 11.8 Å². The molecule has 0 aliphatic rings. The van der Waals surface area contributed by atoms with Crippen LogP contribution in [0.25, 0.3) is 0 Å². The topological polar surface area (TPSA) is 105 Å². The summed E-state index contributed by atoms with van der Waals surface area (Å²) in [4.78, 5) is 34.0. The van der Waals surface area contributed by atoms with Crippen LogP contribution in [0.4, 0.5) is 4.79 Å². The molecule has 15 heavy (non-hydrogen) atoms. The molecule has 0 aromatic carbocycles. The molecule has 7 nitrogen and oxygen atoms in total. The molecule has 0 aromatic heterocycles. The molecule has 7 heteroatoms. The Morgan fingerprint density at radius 3 is 2.27 bits per heavy atom. The van der Waals surface area contributed by atoms with Gasteiger partial charge in [-0.15, -0.1) is 0 Å². The molecule has 4 N–H and O–H groups in total. The van der Waals surface area contributed by atoms with Gasteiger partial charge in [-0.3, -0.25) is 20.2 Å². The van der Waals surface area contributed by atoms with Crippen LogP contribution in [0.5, 0.6) is 0 Å². The first-order valence-electron chi connectivity index (χ1n) is 4.38. The molecule has 1 unspecified atom stereocenters. The minimum Gasteiger partial charge on any atom is -0.351 e. The average molecular weight is 216 g/mol. The SMILES string of the molecule is CC(NCC(=O)NC(N)=O)C(=O)N(C)C. The normalized spacial score (nSPS) is 11.7. The summed E-state index contributed by atoms with van der Waals surface area (Å²) in [5, 5.41) is 4.54. The Bertz CT molecular complexity index is 265. The maximum Gasteiger partial charge on any atom is 0.318 e. The highest BCUT2D eigenvalue weighted by molar-refractivity contribution is 5.94. The quantitative estimate of drug-likeness (QED) is 0.518. The van der Waals surface area contributed by atoms with Crippen molar-refractivity contribution in [3.05, 3.63) is 0 Å². The Morgan fingerprint density at radius 1 is 1.33 bits per heavy atom. The standard InChI is InChI=1S/C8H16N4O3/c1-5(7(14)12(2)3)10-4-6(13)11-8(9)15/h5,10H,4H2,1-3H3,(H3,9,11,13,15). The van der Waals surface area contributed by atoms with Crippen molar-refractivity contribution in [2.45, 2.75) is 13.0 Å². The Morgan fingerprint density at radius 2 is 1.87 bits per heavy atom. The molecular weight excluding hydrogens is 200 g/mol. The number of carbonyl (C=O) groups excluding carboxylic acids is 3. The lowest BCUT2D eigenvalue weighted by atomic mass is 10.3. The minimum atomic E-state index is -0.909. The van der Waals surface area contributed by atoms with E-state index in [9.17, 15) is 14.4 Å². The zero-order chi connectivity index (χ0) is 12.0. The smallest absolute Gasteiger partial charge is 0.318 e. The highest BCUT2D eigenvalue weighted by Gasteiger charge is 2.15. The number of urea groups is 1. The summed E-state index contributed by atoms with van der Waals surface area (Å²) in [5.74, 6) is -0.720. The van der Waals surface area contributed by atoms with Crippen molar-refractivity contribution >= 4 is 17.8 Å². The van der Waals surface area contributed by atoms with Crippen LogP contribution in [-0.4, -0.2) is 49.4 Å². The number of likely N-dealkylation sites (N-methyl/N-ethyl adjacent to an activating group) is 1. The van der Waals surface area contributed by atoms with Crippen LogP contribution in [0.2, 0.25) is 0 Å². The molecule has 0 fully saturated rings. The molecule has 0 radical (unpaired) electrons. The third-order valence-electron chi connectivity index (χ3n) is 1.64. The summed E-state index contributed by atoms with van der Waals surface area (Å²) in [5.41, 5.74) is 4.73. The number of primary amides is 1. The molecule has 4 amide bonds. The minimum absolute atomic E-state index is 0.135. The summed E-state index contributed by atoms with van der Waals surface area (Å²) in [6, 6.07) is -1.40. The van der Waals surface area contributed by atoms with Gasteiger partial charge in [0, 0.05) is 14.1 Å². The predicted molar refractivity (Wildman–Crippen MR) is 53.9 cm³/mol. The number of carbonyl (C=O) groups is 3. The highest BCUT2D eigenvalue weighted by atomic mass is 16.2. The van der Waals surface area contributed by atoms with Gasteiger partial charge in [-0.1, -0.05) is 0 Å². The number of rotatable bonds is 4. The number of nitrogens with zero attached hydrogens (tertiary/aromatic N) is 1. The molecule has 0 bridgehead atoms. The van der Waals surface area contributed by atoms with Crippen molar-refractivity contribution in [3.8, 4) is 0 Å². The van der Waals surface area contributed by atoms with Gasteiger partial charge in [0.1, 0.15) is 0 Å². The first-order chi connectivity index (χ1) is 6.84. The Balaban J connectivity index is 3.90.